The number of aliphatic hydroxyl groups excluding tert-OH is 2. The van der Waals surface area contributed by atoms with Crippen LogP contribution in [0.5, 0.6) is 0 Å². The Labute approximate surface area is 111 Å². The largest absolute Gasteiger partial charge is 0.479 e. The molecule has 110 valence electrons. The molecule has 1 fully saturated rings. The molecule has 1 rings (SSSR count). The number of carboxylic acids is 1. The molecule has 1 heterocycles. The number of carboxylic acid groups (broad SMARTS) is 1. The molecule has 0 bridgehead atoms. The topological polar surface area (TPSA) is 113 Å². The molecule has 8 heteroatoms. The highest BCUT2D eigenvalue weighted by atomic mass is 16.4. The molecule has 0 aliphatic carbocycles. The monoisotopic (exact) mass is 275 g/mol. The molecule has 1 aliphatic rings. The number of urea groups is 1. The van der Waals surface area contributed by atoms with Gasteiger partial charge in [-0.15, -0.1) is 0 Å². The van der Waals surface area contributed by atoms with Gasteiger partial charge in [-0.2, -0.15) is 0 Å². The first-order valence-corrected chi connectivity index (χ1v) is 6.31. The van der Waals surface area contributed by atoms with Crippen molar-refractivity contribution < 1.29 is 24.9 Å². The normalized spacial score (nSPS) is 18.7. The van der Waals surface area contributed by atoms with Gasteiger partial charge in [-0.05, 0) is 13.0 Å². The van der Waals surface area contributed by atoms with Crippen molar-refractivity contribution in [1.82, 2.24) is 15.1 Å². The van der Waals surface area contributed by atoms with E-state index < -0.39 is 12.1 Å². The van der Waals surface area contributed by atoms with E-state index in [4.69, 9.17) is 15.3 Å². The second-order valence-corrected chi connectivity index (χ2v) is 4.45. The molecule has 0 aromatic rings. The maximum absolute atomic E-state index is 11.8. The molecule has 1 unspecified atom stereocenters. The predicted octanol–water partition coefficient (Wildman–Crippen LogP) is -1.86. The molecule has 2 amide bonds. The van der Waals surface area contributed by atoms with Crippen molar-refractivity contribution in [2.45, 2.75) is 12.5 Å². The van der Waals surface area contributed by atoms with Crippen molar-refractivity contribution in [1.29, 1.82) is 0 Å². The summed E-state index contributed by atoms with van der Waals surface area (Å²) in [4.78, 5) is 25.9. The lowest BCUT2D eigenvalue weighted by Gasteiger charge is -2.22. The van der Waals surface area contributed by atoms with Crippen LogP contribution in [0.3, 0.4) is 0 Å². The fourth-order valence-corrected chi connectivity index (χ4v) is 1.92. The van der Waals surface area contributed by atoms with Crippen LogP contribution in [0.15, 0.2) is 0 Å². The third kappa shape index (κ3) is 5.41. The zero-order valence-electron chi connectivity index (χ0n) is 10.8. The predicted molar refractivity (Wildman–Crippen MR) is 66.8 cm³/mol. The van der Waals surface area contributed by atoms with Crippen LogP contribution in [-0.2, 0) is 4.79 Å². The molecule has 1 saturated heterocycles. The molecule has 0 spiro atoms. The standard InChI is InChI=1S/C11H21N3O5/c15-7-6-13-2-1-3-14(5-4-13)11(19)12-8-9(16)10(17)18/h9,15-16H,1-8H2,(H,12,19)(H,17,18). The molecule has 4 N–H and O–H groups in total. The van der Waals surface area contributed by atoms with E-state index in [1.54, 1.807) is 4.90 Å². The van der Waals surface area contributed by atoms with Crippen LogP contribution in [-0.4, -0.2) is 89.1 Å². The lowest BCUT2D eigenvalue weighted by atomic mass is 10.3. The van der Waals surface area contributed by atoms with Gasteiger partial charge in [0.25, 0.3) is 0 Å². The Kier molecular flexibility index (Phi) is 6.54. The number of amides is 2. The number of aliphatic hydroxyl groups is 2. The maximum Gasteiger partial charge on any atom is 0.334 e. The second kappa shape index (κ2) is 7.93. The molecule has 0 radical (unpaired) electrons. The van der Waals surface area contributed by atoms with Crippen LogP contribution in [0.1, 0.15) is 6.42 Å². The van der Waals surface area contributed by atoms with E-state index in [2.05, 4.69) is 10.2 Å². The van der Waals surface area contributed by atoms with Gasteiger partial charge in [0, 0.05) is 26.2 Å². The van der Waals surface area contributed by atoms with Crippen molar-refractivity contribution >= 4 is 12.0 Å². The van der Waals surface area contributed by atoms with E-state index >= 15 is 0 Å². The van der Waals surface area contributed by atoms with E-state index in [0.29, 0.717) is 26.2 Å². The van der Waals surface area contributed by atoms with Gasteiger partial charge >= 0.3 is 12.0 Å². The summed E-state index contributed by atoms with van der Waals surface area (Å²) < 4.78 is 0. The van der Waals surface area contributed by atoms with E-state index in [-0.39, 0.29) is 19.2 Å². The van der Waals surface area contributed by atoms with E-state index in [1.807, 2.05) is 0 Å². The molecule has 19 heavy (non-hydrogen) atoms. The number of hydrogen-bond donors (Lipinski definition) is 4. The summed E-state index contributed by atoms with van der Waals surface area (Å²) in [5.74, 6) is -1.36. The minimum Gasteiger partial charge on any atom is -0.479 e. The Morgan fingerprint density at radius 3 is 2.58 bits per heavy atom. The van der Waals surface area contributed by atoms with Gasteiger partial charge < -0.3 is 25.5 Å². The molecule has 0 aromatic heterocycles. The Hall–Kier alpha value is -1.38. The number of hydrogen-bond acceptors (Lipinski definition) is 5. The van der Waals surface area contributed by atoms with Crippen molar-refractivity contribution in [2.75, 3.05) is 45.9 Å². The van der Waals surface area contributed by atoms with E-state index in [0.717, 1.165) is 13.0 Å². The summed E-state index contributed by atoms with van der Waals surface area (Å²) in [7, 11) is 0. The molecular formula is C11H21N3O5. The van der Waals surface area contributed by atoms with Gasteiger partial charge in [0.05, 0.1) is 13.2 Å². The number of rotatable bonds is 5. The SMILES string of the molecule is O=C(O)C(O)CNC(=O)N1CCCN(CCO)CC1. The fraction of sp³-hybridized carbons (Fsp3) is 0.818. The van der Waals surface area contributed by atoms with Crippen molar-refractivity contribution in [3.63, 3.8) is 0 Å². The Bertz CT molecular complexity index is 313. The molecular weight excluding hydrogens is 254 g/mol. The molecule has 8 nitrogen and oxygen atoms in total. The summed E-state index contributed by atoms with van der Waals surface area (Å²) >= 11 is 0. The first-order valence-electron chi connectivity index (χ1n) is 6.31. The zero-order valence-corrected chi connectivity index (χ0v) is 10.8. The summed E-state index contributed by atoms with van der Waals surface area (Å²) in [6.07, 6.45) is -0.781. The summed E-state index contributed by atoms with van der Waals surface area (Å²) in [6, 6.07) is -0.369. The molecule has 0 aromatic carbocycles. The van der Waals surface area contributed by atoms with Crippen LogP contribution in [0, 0.1) is 0 Å². The lowest BCUT2D eigenvalue weighted by Crippen LogP contribution is -2.45. The van der Waals surface area contributed by atoms with Gasteiger partial charge in [0.1, 0.15) is 0 Å². The van der Waals surface area contributed by atoms with E-state index in [1.165, 1.54) is 0 Å². The van der Waals surface area contributed by atoms with Crippen LogP contribution < -0.4 is 5.32 Å². The van der Waals surface area contributed by atoms with Gasteiger partial charge in [-0.3, -0.25) is 4.90 Å². The van der Waals surface area contributed by atoms with Crippen LogP contribution >= 0.6 is 0 Å². The first-order chi connectivity index (χ1) is 9.04. The zero-order chi connectivity index (χ0) is 14.3. The molecule has 1 atom stereocenters. The summed E-state index contributed by atoms with van der Waals surface area (Å²) in [5.41, 5.74) is 0. The second-order valence-electron chi connectivity index (χ2n) is 4.45. The fourth-order valence-electron chi connectivity index (χ4n) is 1.92. The quantitative estimate of drug-likeness (QED) is 0.468. The highest BCUT2D eigenvalue weighted by Gasteiger charge is 2.20. The average Bonchev–Trinajstić information content (AvgIpc) is 2.61. The highest BCUT2D eigenvalue weighted by Crippen LogP contribution is 2.03. The van der Waals surface area contributed by atoms with Gasteiger partial charge in [-0.1, -0.05) is 0 Å². The minimum absolute atomic E-state index is 0.0942. The number of carbonyl (C=O) groups excluding carboxylic acids is 1. The van der Waals surface area contributed by atoms with Crippen molar-refractivity contribution in [2.24, 2.45) is 0 Å². The minimum atomic E-state index is -1.58. The van der Waals surface area contributed by atoms with Crippen LogP contribution in [0.2, 0.25) is 0 Å². The first kappa shape index (κ1) is 15.7. The van der Waals surface area contributed by atoms with Crippen LogP contribution in [0.25, 0.3) is 0 Å². The van der Waals surface area contributed by atoms with Gasteiger partial charge in [0.15, 0.2) is 6.10 Å². The number of nitrogens with one attached hydrogen (secondary N) is 1. The number of aliphatic carboxylic acids is 1. The molecule has 0 saturated carbocycles. The number of carbonyl (C=O) groups is 2. The third-order valence-corrected chi connectivity index (χ3v) is 3.02. The van der Waals surface area contributed by atoms with Gasteiger partial charge in [-0.25, -0.2) is 9.59 Å². The maximum atomic E-state index is 11.8. The van der Waals surface area contributed by atoms with Crippen molar-refractivity contribution in [3.05, 3.63) is 0 Å². The summed E-state index contributed by atoms with van der Waals surface area (Å²) in [5, 5.41) is 28.8. The van der Waals surface area contributed by atoms with Crippen molar-refractivity contribution in [3.8, 4) is 0 Å². The Balaban J connectivity index is 2.34. The molecule has 1 aliphatic heterocycles. The van der Waals surface area contributed by atoms with Gasteiger partial charge in [0.2, 0.25) is 0 Å². The summed E-state index contributed by atoms with van der Waals surface area (Å²) in [6.45, 7) is 2.98. The smallest absolute Gasteiger partial charge is 0.334 e. The van der Waals surface area contributed by atoms with E-state index in [9.17, 15) is 9.59 Å². The number of β-amino-alcohol motifs (C(OH)–C–C–N with tert-alkyl or cyclic N) is 1. The highest BCUT2D eigenvalue weighted by molar-refractivity contribution is 5.76. The Morgan fingerprint density at radius 2 is 1.95 bits per heavy atom. The van der Waals surface area contributed by atoms with Crippen LogP contribution in [0.4, 0.5) is 4.79 Å². The third-order valence-electron chi connectivity index (χ3n) is 3.02. The average molecular weight is 275 g/mol. The Morgan fingerprint density at radius 1 is 1.21 bits per heavy atom. The number of nitrogens with zero attached hydrogens (tertiary/aromatic N) is 2. The lowest BCUT2D eigenvalue weighted by molar-refractivity contribution is -0.146.